The fourth-order valence-corrected chi connectivity index (χ4v) is 3.20. The SMILES string of the molecule is OCCSc1nnc(-c2cccs2)n1C1CC1. The largest absolute Gasteiger partial charge is 0.396 e. The number of thiophene rings is 1. The Balaban J connectivity index is 1.95. The van der Waals surface area contributed by atoms with Gasteiger partial charge in [-0.3, -0.25) is 4.57 Å². The van der Waals surface area contributed by atoms with Crippen molar-refractivity contribution < 1.29 is 5.11 Å². The Labute approximate surface area is 108 Å². The average molecular weight is 267 g/mol. The Kier molecular flexibility index (Phi) is 3.17. The lowest BCUT2D eigenvalue weighted by Crippen LogP contribution is -1.99. The summed E-state index contributed by atoms with van der Waals surface area (Å²) in [5, 5.41) is 20.4. The molecule has 0 radical (unpaired) electrons. The number of rotatable bonds is 5. The Bertz CT molecular complexity index is 491. The summed E-state index contributed by atoms with van der Waals surface area (Å²) in [6.07, 6.45) is 2.42. The summed E-state index contributed by atoms with van der Waals surface area (Å²) in [5.74, 6) is 1.65. The van der Waals surface area contributed by atoms with Gasteiger partial charge in [0.1, 0.15) is 0 Å². The van der Waals surface area contributed by atoms with Gasteiger partial charge in [0.25, 0.3) is 0 Å². The van der Waals surface area contributed by atoms with E-state index in [4.69, 9.17) is 5.11 Å². The van der Waals surface area contributed by atoms with Gasteiger partial charge in [-0.2, -0.15) is 0 Å². The summed E-state index contributed by atoms with van der Waals surface area (Å²) in [7, 11) is 0. The minimum Gasteiger partial charge on any atom is -0.396 e. The smallest absolute Gasteiger partial charge is 0.191 e. The van der Waals surface area contributed by atoms with E-state index in [0.717, 1.165) is 11.0 Å². The molecule has 2 heterocycles. The number of thioether (sulfide) groups is 1. The first-order chi connectivity index (χ1) is 8.40. The number of aliphatic hydroxyl groups is 1. The predicted octanol–water partition coefficient (Wildman–Crippen LogP) is 2.43. The number of hydrogen-bond acceptors (Lipinski definition) is 5. The van der Waals surface area contributed by atoms with Gasteiger partial charge in [-0.05, 0) is 24.3 Å². The summed E-state index contributed by atoms with van der Waals surface area (Å²) in [6.45, 7) is 0.177. The molecule has 0 saturated heterocycles. The lowest BCUT2D eigenvalue weighted by Gasteiger charge is -2.06. The van der Waals surface area contributed by atoms with E-state index in [0.29, 0.717) is 11.8 Å². The third-order valence-corrected chi connectivity index (χ3v) is 4.43. The second-order valence-corrected chi connectivity index (χ2v) is 5.97. The summed E-state index contributed by atoms with van der Waals surface area (Å²) < 4.78 is 2.23. The van der Waals surface area contributed by atoms with Crippen LogP contribution in [-0.4, -0.2) is 32.2 Å². The number of aliphatic hydroxyl groups excluding tert-OH is 1. The standard InChI is InChI=1S/C11H13N3OS2/c15-5-7-17-11-13-12-10(9-2-1-6-16-9)14(11)8-3-4-8/h1-2,6,8,15H,3-5,7H2. The lowest BCUT2D eigenvalue weighted by atomic mass is 10.4. The van der Waals surface area contributed by atoms with Gasteiger partial charge in [-0.15, -0.1) is 21.5 Å². The van der Waals surface area contributed by atoms with Crippen LogP contribution in [-0.2, 0) is 0 Å². The molecule has 1 N–H and O–H groups in total. The van der Waals surface area contributed by atoms with Gasteiger partial charge in [0, 0.05) is 11.8 Å². The summed E-state index contributed by atoms with van der Waals surface area (Å²) in [4.78, 5) is 1.17. The second-order valence-electron chi connectivity index (χ2n) is 3.96. The van der Waals surface area contributed by atoms with Crippen LogP contribution < -0.4 is 0 Å². The van der Waals surface area contributed by atoms with Crippen LogP contribution in [0.3, 0.4) is 0 Å². The zero-order valence-electron chi connectivity index (χ0n) is 9.24. The first-order valence-corrected chi connectivity index (χ1v) is 7.49. The Morgan fingerprint density at radius 1 is 1.47 bits per heavy atom. The van der Waals surface area contributed by atoms with E-state index in [1.165, 1.54) is 17.7 Å². The van der Waals surface area contributed by atoms with Gasteiger partial charge in [0.2, 0.25) is 0 Å². The van der Waals surface area contributed by atoms with Crippen molar-refractivity contribution >= 4 is 23.1 Å². The van der Waals surface area contributed by atoms with E-state index < -0.39 is 0 Å². The molecular weight excluding hydrogens is 254 g/mol. The van der Waals surface area contributed by atoms with Gasteiger partial charge < -0.3 is 5.11 Å². The summed E-state index contributed by atoms with van der Waals surface area (Å²) in [6, 6.07) is 4.67. The van der Waals surface area contributed by atoms with Crippen molar-refractivity contribution in [3.05, 3.63) is 17.5 Å². The molecule has 1 aliphatic carbocycles. The molecule has 0 atom stereocenters. The molecule has 1 fully saturated rings. The van der Waals surface area contributed by atoms with Crippen LogP contribution in [0.1, 0.15) is 18.9 Å². The molecule has 0 aromatic carbocycles. The number of aromatic nitrogens is 3. The van der Waals surface area contributed by atoms with Gasteiger partial charge in [-0.25, -0.2) is 0 Å². The highest BCUT2D eigenvalue weighted by atomic mass is 32.2. The fourth-order valence-electron chi connectivity index (χ4n) is 1.75. The van der Waals surface area contributed by atoms with E-state index >= 15 is 0 Å². The maximum atomic E-state index is 8.89. The van der Waals surface area contributed by atoms with Crippen molar-refractivity contribution in [1.29, 1.82) is 0 Å². The van der Waals surface area contributed by atoms with Crippen LogP contribution in [0.4, 0.5) is 0 Å². The molecule has 1 saturated carbocycles. The van der Waals surface area contributed by atoms with E-state index in [9.17, 15) is 0 Å². The summed E-state index contributed by atoms with van der Waals surface area (Å²) >= 11 is 3.27. The van der Waals surface area contributed by atoms with Crippen LogP contribution >= 0.6 is 23.1 Å². The normalized spacial score (nSPS) is 15.4. The monoisotopic (exact) mass is 267 g/mol. The predicted molar refractivity (Wildman–Crippen MR) is 69.4 cm³/mol. The molecule has 2 aromatic heterocycles. The highest BCUT2D eigenvalue weighted by Gasteiger charge is 2.30. The maximum absolute atomic E-state index is 8.89. The van der Waals surface area contributed by atoms with Crippen molar-refractivity contribution in [2.24, 2.45) is 0 Å². The van der Waals surface area contributed by atoms with Crippen LogP contribution in [0, 0.1) is 0 Å². The molecule has 0 aliphatic heterocycles. The topological polar surface area (TPSA) is 50.9 Å². The van der Waals surface area contributed by atoms with Crippen LogP contribution in [0.25, 0.3) is 10.7 Å². The molecule has 90 valence electrons. The van der Waals surface area contributed by atoms with Crippen LogP contribution in [0.2, 0.25) is 0 Å². The second kappa shape index (κ2) is 4.80. The van der Waals surface area contributed by atoms with Gasteiger partial charge in [0.15, 0.2) is 11.0 Å². The summed E-state index contributed by atoms with van der Waals surface area (Å²) in [5.41, 5.74) is 0. The molecule has 17 heavy (non-hydrogen) atoms. The molecule has 0 unspecified atom stereocenters. The molecule has 0 spiro atoms. The van der Waals surface area contributed by atoms with Crippen molar-refractivity contribution in [2.75, 3.05) is 12.4 Å². The van der Waals surface area contributed by atoms with Crippen molar-refractivity contribution in [3.63, 3.8) is 0 Å². The van der Waals surface area contributed by atoms with Crippen molar-refractivity contribution in [1.82, 2.24) is 14.8 Å². The fraction of sp³-hybridized carbons (Fsp3) is 0.455. The highest BCUT2D eigenvalue weighted by Crippen LogP contribution is 2.41. The van der Waals surface area contributed by atoms with E-state index in [1.807, 2.05) is 6.07 Å². The van der Waals surface area contributed by atoms with E-state index in [-0.39, 0.29) is 6.61 Å². The molecule has 6 heteroatoms. The molecule has 3 rings (SSSR count). The Morgan fingerprint density at radius 3 is 3.00 bits per heavy atom. The zero-order valence-corrected chi connectivity index (χ0v) is 10.9. The average Bonchev–Trinajstić information content (AvgIpc) is 2.90. The van der Waals surface area contributed by atoms with E-state index in [2.05, 4.69) is 26.2 Å². The minimum absolute atomic E-state index is 0.177. The molecule has 4 nitrogen and oxygen atoms in total. The maximum Gasteiger partial charge on any atom is 0.191 e. The van der Waals surface area contributed by atoms with E-state index in [1.54, 1.807) is 23.1 Å². The number of hydrogen-bond donors (Lipinski definition) is 1. The van der Waals surface area contributed by atoms with Crippen LogP contribution in [0.5, 0.6) is 0 Å². The lowest BCUT2D eigenvalue weighted by molar-refractivity contribution is 0.322. The highest BCUT2D eigenvalue weighted by molar-refractivity contribution is 7.99. The first-order valence-electron chi connectivity index (χ1n) is 5.62. The van der Waals surface area contributed by atoms with Gasteiger partial charge >= 0.3 is 0 Å². The molecule has 0 amide bonds. The first kappa shape index (κ1) is 11.3. The quantitative estimate of drug-likeness (QED) is 0.845. The molecule has 2 aromatic rings. The molecular formula is C11H13N3OS2. The third kappa shape index (κ3) is 2.25. The molecule has 1 aliphatic rings. The Morgan fingerprint density at radius 2 is 2.35 bits per heavy atom. The zero-order chi connectivity index (χ0) is 11.7. The van der Waals surface area contributed by atoms with Gasteiger partial charge in [-0.1, -0.05) is 17.8 Å². The van der Waals surface area contributed by atoms with Crippen molar-refractivity contribution in [3.8, 4) is 10.7 Å². The Hall–Kier alpha value is -0.850. The third-order valence-electron chi connectivity index (χ3n) is 2.64. The molecule has 0 bridgehead atoms. The van der Waals surface area contributed by atoms with Crippen LogP contribution in [0.15, 0.2) is 22.7 Å². The van der Waals surface area contributed by atoms with Gasteiger partial charge in [0.05, 0.1) is 11.5 Å². The van der Waals surface area contributed by atoms with Crippen molar-refractivity contribution in [2.45, 2.75) is 24.0 Å². The number of nitrogens with zero attached hydrogens (tertiary/aromatic N) is 3. The minimum atomic E-state index is 0.177.